The smallest absolute Gasteiger partial charge is 0.0869 e. The minimum Gasteiger partial charge on any atom is -0.368 e. The maximum atomic E-state index is 6.13. The van der Waals surface area contributed by atoms with Gasteiger partial charge in [0.1, 0.15) is 0 Å². The number of hydrogen-bond acceptors (Lipinski definition) is 1. The highest BCUT2D eigenvalue weighted by Crippen LogP contribution is 2.28. The summed E-state index contributed by atoms with van der Waals surface area (Å²) in [5, 5.41) is 0. The third kappa shape index (κ3) is 4.47. The number of allylic oxidation sites excluding steroid dienone is 14. The molecule has 0 saturated heterocycles. The monoisotopic (exact) mass is 416 g/mol. The van der Waals surface area contributed by atoms with Crippen LogP contribution in [0.5, 0.6) is 0 Å². The fraction of sp³-hybridized carbons (Fsp3) is 0.120. The van der Waals surface area contributed by atoms with Gasteiger partial charge in [-0.15, -0.1) is 0 Å². The molecule has 2 aliphatic carbocycles. The number of halogens is 1. The molecule has 2 heteroatoms. The van der Waals surface area contributed by atoms with Gasteiger partial charge in [-0.05, 0) is 40.0 Å². The van der Waals surface area contributed by atoms with Crippen LogP contribution in [-0.2, 0) is 17.8 Å². The van der Waals surface area contributed by atoms with Crippen LogP contribution in [0, 0.1) is 0 Å². The van der Waals surface area contributed by atoms with Crippen LogP contribution in [0.1, 0.15) is 11.1 Å². The zero-order valence-corrected chi connectivity index (χ0v) is 16.6. The molecule has 3 aliphatic rings. The average Bonchev–Trinajstić information content (AvgIpc) is 2.61. The molecule has 1 aromatic carbocycles. The predicted octanol–water partition coefficient (Wildman–Crippen LogP) is 6.48. The third-order valence-electron chi connectivity index (χ3n) is 4.84. The highest BCUT2D eigenvalue weighted by Gasteiger charge is 2.21. The van der Waals surface area contributed by atoms with Crippen molar-refractivity contribution in [2.24, 2.45) is 0 Å². The Kier molecular flexibility index (Phi) is 5.66. The number of benzene rings is 1. The van der Waals surface area contributed by atoms with Crippen LogP contribution >= 0.6 is 15.9 Å². The number of hydrogen-bond donors (Lipinski definition) is 0. The topological polar surface area (TPSA) is 9.23 Å². The Hall–Kier alpha value is -2.42. The lowest BCUT2D eigenvalue weighted by molar-refractivity contribution is 0.0542. The molecule has 0 aromatic heterocycles. The van der Waals surface area contributed by atoms with Gasteiger partial charge in [0.25, 0.3) is 0 Å². The molecule has 1 atom stereocenters. The van der Waals surface area contributed by atoms with E-state index in [0.717, 1.165) is 10.9 Å². The lowest BCUT2D eigenvalue weighted by Gasteiger charge is -2.26. The Morgan fingerprint density at radius 3 is 2.41 bits per heavy atom. The van der Waals surface area contributed by atoms with E-state index in [9.17, 15) is 0 Å². The van der Waals surface area contributed by atoms with Gasteiger partial charge in [-0.1, -0.05) is 101 Å². The van der Waals surface area contributed by atoms with E-state index in [-0.39, 0.29) is 6.10 Å². The minimum atomic E-state index is 0.0937. The number of rotatable bonds is 2. The molecular weight excluding hydrogens is 396 g/mol. The molecule has 0 fully saturated rings. The van der Waals surface area contributed by atoms with Gasteiger partial charge in [0, 0.05) is 10.9 Å². The number of ether oxygens (including phenoxy) is 1. The second kappa shape index (κ2) is 8.51. The van der Waals surface area contributed by atoms with Crippen LogP contribution in [0.2, 0.25) is 0 Å². The molecule has 1 unspecified atom stereocenters. The van der Waals surface area contributed by atoms with E-state index in [0.29, 0.717) is 6.61 Å². The summed E-state index contributed by atoms with van der Waals surface area (Å²) >= 11 is 3.58. The van der Waals surface area contributed by atoms with Crippen molar-refractivity contribution in [3.63, 3.8) is 0 Å². The molecule has 1 nitrogen and oxygen atoms in total. The molecule has 27 heavy (non-hydrogen) atoms. The average molecular weight is 417 g/mol. The maximum absolute atomic E-state index is 6.13. The molecule has 0 amide bonds. The normalized spacial score (nSPS) is 33.1. The highest BCUT2D eigenvalue weighted by molar-refractivity contribution is 9.10. The Bertz CT molecular complexity index is 964. The summed E-state index contributed by atoms with van der Waals surface area (Å²) in [5.41, 5.74) is 6.24. The lowest BCUT2D eigenvalue weighted by atomic mass is 9.93. The van der Waals surface area contributed by atoms with Crippen molar-refractivity contribution in [1.29, 1.82) is 0 Å². The first-order valence-electron chi connectivity index (χ1n) is 9.17. The molecule has 0 spiro atoms. The van der Waals surface area contributed by atoms with E-state index in [1.807, 2.05) is 18.2 Å². The van der Waals surface area contributed by atoms with E-state index in [1.54, 1.807) is 0 Å². The fourth-order valence-corrected chi connectivity index (χ4v) is 3.80. The molecule has 134 valence electrons. The molecule has 0 bridgehead atoms. The molecule has 0 radical (unpaired) electrons. The van der Waals surface area contributed by atoms with Crippen molar-refractivity contribution in [3.05, 3.63) is 130 Å². The Morgan fingerprint density at radius 2 is 1.48 bits per heavy atom. The number of fused-ring (bicyclic) bond motifs is 1. The van der Waals surface area contributed by atoms with E-state index in [2.05, 4.69) is 94.9 Å². The van der Waals surface area contributed by atoms with Gasteiger partial charge < -0.3 is 4.74 Å². The molecule has 0 saturated carbocycles. The SMILES string of the molecule is Brc1ccc2c(c1)CC(C1=C\C=C/C(C3=C/C=C\C=C/C=C\3)=C\C=C/1)OC2. The first-order chi connectivity index (χ1) is 13.3. The second-order valence-corrected chi connectivity index (χ2v) is 7.59. The van der Waals surface area contributed by atoms with Crippen molar-refractivity contribution in [2.75, 3.05) is 0 Å². The standard InChI is InChI=1S/C25H21BrO/c26-24-15-14-22-18-27-25(17-23(22)16-24)21-12-6-10-20(11-7-13-21)19-8-4-2-1-3-5-9-19/h1-16,25H,17-18H2/b2-1-,3-1?,4-2?,5-3-,8-4-,9-5?,10-6-,11-7?,12-6?,13-7-,19-8?,19-9+,20-10?,20-11+,21-12+,21-13?. The molecule has 1 aliphatic heterocycles. The van der Waals surface area contributed by atoms with Crippen LogP contribution in [0.3, 0.4) is 0 Å². The molecular formula is C25H21BrO. The van der Waals surface area contributed by atoms with Gasteiger partial charge in [-0.25, -0.2) is 0 Å². The first kappa shape index (κ1) is 18.0. The third-order valence-corrected chi connectivity index (χ3v) is 5.34. The molecule has 4 rings (SSSR count). The summed E-state index contributed by atoms with van der Waals surface area (Å²) in [7, 11) is 0. The zero-order valence-electron chi connectivity index (χ0n) is 15.0. The second-order valence-electron chi connectivity index (χ2n) is 6.67. The van der Waals surface area contributed by atoms with Crippen LogP contribution in [0.25, 0.3) is 0 Å². The predicted molar refractivity (Wildman–Crippen MR) is 116 cm³/mol. The summed E-state index contributed by atoms with van der Waals surface area (Å²) < 4.78 is 7.25. The maximum Gasteiger partial charge on any atom is 0.0869 e. The van der Waals surface area contributed by atoms with Gasteiger partial charge in [-0.2, -0.15) is 0 Å². The van der Waals surface area contributed by atoms with Crippen molar-refractivity contribution in [1.82, 2.24) is 0 Å². The van der Waals surface area contributed by atoms with Gasteiger partial charge in [0.15, 0.2) is 0 Å². The summed E-state index contributed by atoms with van der Waals surface area (Å²) in [6, 6.07) is 6.43. The quantitative estimate of drug-likeness (QED) is 0.535. The summed E-state index contributed by atoms with van der Waals surface area (Å²) in [6.45, 7) is 0.667. The zero-order chi connectivity index (χ0) is 18.5. The van der Waals surface area contributed by atoms with Crippen LogP contribution in [0.4, 0.5) is 0 Å². The largest absolute Gasteiger partial charge is 0.368 e. The van der Waals surface area contributed by atoms with Gasteiger partial charge in [0.05, 0.1) is 12.7 Å². The Balaban J connectivity index is 1.52. The van der Waals surface area contributed by atoms with Crippen molar-refractivity contribution < 1.29 is 4.74 Å². The fourth-order valence-electron chi connectivity index (χ4n) is 3.39. The van der Waals surface area contributed by atoms with Crippen LogP contribution in [-0.4, -0.2) is 6.10 Å². The van der Waals surface area contributed by atoms with Gasteiger partial charge >= 0.3 is 0 Å². The van der Waals surface area contributed by atoms with E-state index < -0.39 is 0 Å². The van der Waals surface area contributed by atoms with Gasteiger partial charge in [0.2, 0.25) is 0 Å². The summed E-state index contributed by atoms with van der Waals surface area (Å²) in [5.74, 6) is 0. The van der Waals surface area contributed by atoms with E-state index >= 15 is 0 Å². The van der Waals surface area contributed by atoms with E-state index in [4.69, 9.17) is 4.74 Å². The molecule has 0 N–H and O–H groups in total. The van der Waals surface area contributed by atoms with Gasteiger partial charge in [-0.3, -0.25) is 0 Å². The summed E-state index contributed by atoms with van der Waals surface area (Å²) in [6.07, 6.45) is 28.4. The Morgan fingerprint density at radius 1 is 0.741 bits per heavy atom. The van der Waals surface area contributed by atoms with Crippen molar-refractivity contribution in [2.45, 2.75) is 19.1 Å². The first-order valence-corrected chi connectivity index (χ1v) is 9.96. The Labute approximate surface area is 169 Å². The molecule has 1 aromatic rings. The van der Waals surface area contributed by atoms with Crippen LogP contribution in [0.15, 0.2) is 118 Å². The molecule has 1 heterocycles. The van der Waals surface area contributed by atoms with Crippen molar-refractivity contribution in [3.8, 4) is 0 Å². The van der Waals surface area contributed by atoms with Crippen LogP contribution < -0.4 is 0 Å². The summed E-state index contributed by atoms with van der Waals surface area (Å²) in [4.78, 5) is 0. The lowest BCUT2D eigenvalue weighted by Crippen LogP contribution is -2.23. The minimum absolute atomic E-state index is 0.0937. The van der Waals surface area contributed by atoms with Crippen molar-refractivity contribution >= 4 is 15.9 Å². The van der Waals surface area contributed by atoms with E-state index in [1.165, 1.54) is 27.8 Å². The highest BCUT2D eigenvalue weighted by atomic mass is 79.9.